The number of halogens is 1. The van der Waals surface area contributed by atoms with Crippen LogP contribution in [0.4, 0.5) is 9.18 Å². The van der Waals surface area contributed by atoms with Crippen molar-refractivity contribution in [3.8, 4) is 5.75 Å². The van der Waals surface area contributed by atoms with E-state index in [4.69, 9.17) is 4.74 Å². The molecule has 2 rings (SSSR count). The van der Waals surface area contributed by atoms with Crippen LogP contribution < -0.4 is 15.4 Å². The van der Waals surface area contributed by atoms with Gasteiger partial charge in [-0.2, -0.15) is 0 Å². The summed E-state index contributed by atoms with van der Waals surface area (Å²) in [5.41, 5.74) is 2.06. The standard InChI is InChI=1S/C19H23FN2O2/c1-15-6-8-18(9-7-15)24-13-3-11-21-19(23)22-12-10-16-4-2-5-17(20)14-16/h2,4-9,14H,3,10-13H2,1H3,(H2,21,22,23). The van der Waals surface area contributed by atoms with Gasteiger partial charge in [-0.3, -0.25) is 0 Å². The molecule has 0 fully saturated rings. The molecule has 0 heterocycles. The maximum Gasteiger partial charge on any atom is 0.314 e. The predicted molar refractivity (Wildman–Crippen MR) is 92.8 cm³/mol. The van der Waals surface area contributed by atoms with E-state index in [1.807, 2.05) is 37.3 Å². The van der Waals surface area contributed by atoms with Crippen molar-refractivity contribution in [1.82, 2.24) is 10.6 Å². The second-order valence-corrected chi connectivity index (χ2v) is 5.58. The number of carbonyl (C=O) groups excluding carboxylic acids is 1. The van der Waals surface area contributed by atoms with Gasteiger partial charge in [-0.25, -0.2) is 9.18 Å². The predicted octanol–water partition coefficient (Wildman–Crippen LogP) is 3.44. The van der Waals surface area contributed by atoms with Crippen molar-refractivity contribution in [2.75, 3.05) is 19.7 Å². The van der Waals surface area contributed by atoms with Gasteiger partial charge in [-0.15, -0.1) is 0 Å². The van der Waals surface area contributed by atoms with Gasteiger partial charge in [0.05, 0.1) is 6.61 Å². The van der Waals surface area contributed by atoms with Crippen molar-refractivity contribution in [3.05, 3.63) is 65.5 Å². The molecule has 0 aliphatic heterocycles. The van der Waals surface area contributed by atoms with Gasteiger partial charge in [0.1, 0.15) is 11.6 Å². The molecule has 2 N–H and O–H groups in total. The van der Waals surface area contributed by atoms with Gasteiger partial charge < -0.3 is 15.4 Å². The van der Waals surface area contributed by atoms with E-state index in [-0.39, 0.29) is 11.8 Å². The Morgan fingerprint density at radius 3 is 2.58 bits per heavy atom. The van der Waals surface area contributed by atoms with Crippen LogP contribution in [0, 0.1) is 12.7 Å². The van der Waals surface area contributed by atoms with Crippen LogP contribution in [0.25, 0.3) is 0 Å². The highest BCUT2D eigenvalue weighted by molar-refractivity contribution is 5.73. The molecule has 0 aromatic heterocycles. The van der Waals surface area contributed by atoms with Gasteiger partial charge in [-0.05, 0) is 49.6 Å². The average Bonchev–Trinajstić information content (AvgIpc) is 2.56. The zero-order valence-corrected chi connectivity index (χ0v) is 13.8. The van der Waals surface area contributed by atoms with Gasteiger partial charge in [0, 0.05) is 13.1 Å². The largest absolute Gasteiger partial charge is 0.494 e. The van der Waals surface area contributed by atoms with Gasteiger partial charge >= 0.3 is 6.03 Å². The molecule has 0 saturated carbocycles. The fraction of sp³-hybridized carbons (Fsp3) is 0.316. The first-order valence-electron chi connectivity index (χ1n) is 8.09. The van der Waals surface area contributed by atoms with Crippen LogP contribution in [0.5, 0.6) is 5.75 Å². The lowest BCUT2D eigenvalue weighted by molar-refractivity contribution is 0.239. The molecule has 2 amide bonds. The maximum absolute atomic E-state index is 13.0. The molecule has 0 aliphatic carbocycles. The normalized spacial score (nSPS) is 10.2. The molecule has 128 valence electrons. The van der Waals surface area contributed by atoms with Crippen molar-refractivity contribution in [1.29, 1.82) is 0 Å². The zero-order chi connectivity index (χ0) is 17.2. The number of aryl methyl sites for hydroxylation is 1. The van der Waals surface area contributed by atoms with E-state index in [1.165, 1.54) is 17.7 Å². The first-order valence-corrected chi connectivity index (χ1v) is 8.09. The molecule has 5 heteroatoms. The van der Waals surface area contributed by atoms with Gasteiger partial charge in [0.2, 0.25) is 0 Å². The monoisotopic (exact) mass is 330 g/mol. The van der Waals surface area contributed by atoms with Crippen LogP contribution in [0.1, 0.15) is 17.5 Å². The number of ether oxygens (including phenoxy) is 1. The quantitative estimate of drug-likeness (QED) is 0.729. The fourth-order valence-corrected chi connectivity index (χ4v) is 2.17. The van der Waals surface area contributed by atoms with Crippen molar-refractivity contribution < 1.29 is 13.9 Å². The minimum Gasteiger partial charge on any atom is -0.494 e. The molecule has 0 atom stereocenters. The number of hydrogen-bond donors (Lipinski definition) is 2. The van der Waals surface area contributed by atoms with E-state index < -0.39 is 0 Å². The number of nitrogens with one attached hydrogen (secondary N) is 2. The molecule has 24 heavy (non-hydrogen) atoms. The summed E-state index contributed by atoms with van der Waals surface area (Å²) >= 11 is 0. The highest BCUT2D eigenvalue weighted by Gasteiger charge is 2.00. The lowest BCUT2D eigenvalue weighted by Gasteiger charge is -2.09. The highest BCUT2D eigenvalue weighted by Crippen LogP contribution is 2.11. The van der Waals surface area contributed by atoms with Crippen molar-refractivity contribution in [2.24, 2.45) is 0 Å². The SMILES string of the molecule is Cc1ccc(OCCCNC(=O)NCCc2cccc(F)c2)cc1. The topological polar surface area (TPSA) is 50.4 Å². The average molecular weight is 330 g/mol. The minimum absolute atomic E-state index is 0.221. The third-order valence-corrected chi connectivity index (χ3v) is 3.48. The summed E-state index contributed by atoms with van der Waals surface area (Å²) in [6.45, 7) is 3.58. The molecule has 2 aromatic rings. The molecule has 0 spiro atoms. The van der Waals surface area contributed by atoms with Crippen LogP contribution in [0.2, 0.25) is 0 Å². The Bertz CT molecular complexity index is 644. The summed E-state index contributed by atoms with van der Waals surface area (Å²) in [6, 6.07) is 14.0. The van der Waals surface area contributed by atoms with E-state index in [9.17, 15) is 9.18 Å². The number of hydrogen-bond acceptors (Lipinski definition) is 2. The van der Waals surface area contributed by atoms with E-state index in [0.29, 0.717) is 26.1 Å². The Hall–Kier alpha value is -2.56. The number of carbonyl (C=O) groups is 1. The third-order valence-electron chi connectivity index (χ3n) is 3.48. The Labute approximate surface area is 142 Å². The number of urea groups is 1. The van der Waals surface area contributed by atoms with E-state index >= 15 is 0 Å². The Kier molecular flexibility index (Phi) is 7.08. The summed E-state index contributed by atoms with van der Waals surface area (Å²) in [6.07, 6.45) is 1.33. The minimum atomic E-state index is -0.259. The Morgan fingerprint density at radius 1 is 1.08 bits per heavy atom. The number of rotatable bonds is 8. The molecule has 4 nitrogen and oxygen atoms in total. The van der Waals surface area contributed by atoms with Gasteiger partial charge in [-0.1, -0.05) is 29.8 Å². The zero-order valence-electron chi connectivity index (χ0n) is 13.8. The smallest absolute Gasteiger partial charge is 0.314 e. The molecular weight excluding hydrogens is 307 g/mol. The Morgan fingerprint density at radius 2 is 1.83 bits per heavy atom. The maximum atomic E-state index is 13.0. The summed E-state index contributed by atoms with van der Waals surface area (Å²) in [5.74, 6) is 0.575. The van der Waals surface area contributed by atoms with E-state index in [1.54, 1.807) is 6.07 Å². The van der Waals surface area contributed by atoms with Crippen molar-refractivity contribution in [2.45, 2.75) is 19.8 Å². The van der Waals surface area contributed by atoms with Gasteiger partial charge in [0.15, 0.2) is 0 Å². The summed E-state index contributed by atoms with van der Waals surface area (Å²) in [5, 5.41) is 5.52. The lowest BCUT2D eigenvalue weighted by Crippen LogP contribution is -2.37. The fourth-order valence-electron chi connectivity index (χ4n) is 2.17. The second kappa shape index (κ2) is 9.55. The first-order chi connectivity index (χ1) is 11.6. The van der Waals surface area contributed by atoms with Gasteiger partial charge in [0.25, 0.3) is 0 Å². The van der Waals surface area contributed by atoms with Crippen LogP contribution in [0.3, 0.4) is 0 Å². The van der Waals surface area contributed by atoms with E-state index in [2.05, 4.69) is 10.6 Å². The molecule has 0 aliphatic rings. The highest BCUT2D eigenvalue weighted by atomic mass is 19.1. The molecule has 0 unspecified atom stereocenters. The summed E-state index contributed by atoms with van der Waals surface area (Å²) < 4.78 is 18.6. The van der Waals surface area contributed by atoms with Crippen LogP contribution in [0.15, 0.2) is 48.5 Å². The summed E-state index contributed by atoms with van der Waals surface area (Å²) in [7, 11) is 0. The second-order valence-electron chi connectivity index (χ2n) is 5.58. The lowest BCUT2D eigenvalue weighted by atomic mass is 10.1. The van der Waals surface area contributed by atoms with E-state index in [0.717, 1.165) is 17.7 Å². The first kappa shape index (κ1) is 17.8. The van der Waals surface area contributed by atoms with Crippen LogP contribution in [-0.2, 0) is 6.42 Å². The number of amides is 2. The molecule has 0 radical (unpaired) electrons. The molecular formula is C19H23FN2O2. The van der Waals surface area contributed by atoms with Crippen LogP contribution >= 0.6 is 0 Å². The van der Waals surface area contributed by atoms with Crippen LogP contribution in [-0.4, -0.2) is 25.7 Å². The molecule has 0 bridgehead atoms. The molecule has 0 saturated heterocycles. The Balaban J connectivity index is 1.52. The molecule has 2 aromatic carbocycles. The van der Waals surface area contributed by atoms with Crippen molar-refractivity contribution >= 4 is 6.03 Å². The van der Waals surface area contributed by atoms with Crippen molar-refractivity contribution in [3.63, 3.8) is 0 Å². The summed E-state index contributed by atoms with van der Waals surface area (Å²) in [4.78, 5) is 11.6. The third kappa shape index (κ3) is 6.69. The number of benzene rings is 2.